The summed E-state index contributed by atoms with van der Waals surface area (Å²) in [6.45, 7) is 1.14. The van der Waals surface area contributed by atoms with Crippen molar-refractivity contribution in [1.29, 1.82) is 0 Å². The van der Waals surface area contributed by atoms with Gasteiger partial charge in [0, 0.05) is 17.5 Å². The number of piperidine rings is 1. The van der Waals surface area contributed by atoms with E-state index in [9.17, 15) is 5.11 Å². The van der Waals surface area contributed by atoms with Crippen LogP contribution in [0.2, 0.25) is 0 Å². The van der Waals surface area contributed by atoms with Crippen LogP contribution in [0.1, 0.15) is 81.8 Å². The zero-order chi connectivity index (χ0) is 17.6. The molecule has 3 N–H and O–H groups in total. The van der Waals surface area contributed by atoms with E-state index in [0.717, 1.165) is 24.6 Å². The van der Waals surface area contributed by atoms with Gasteiger partial charge < -0.3 is 15.7 Å². The van der Waals surface area contributed by atoms with Gasteiger partial charge in [0.25, 0.3) is 0 Å². The summed E-state index contributed by atoms with van der Waals surface area (Å²) in [5, 5.41) is 18.4. The average molecular weight is 355 g/mol. The Morgan fingerprint density at radius 2 is 1.77 bits per heavy atom. The van der Waals surface area contributed by atoms with Gasteiger partial charge in [0.1, 0.15) is 5.75 Å². The van der Waals surface area contributed by atoms with Gasteiger partial charge >= 0.3 is 0 Å². The SMILES string of the molecule is Oc1cc2c(cc1NC1CCCCCC1)C[C@H]1NCC[C@@]23CCCC[C@@H]13. The molecule has 0 radical (unpaired) electrons. The molecule has 4 aliphatic rings. The Morgan fingerprint density at radius 3 is 2.62 bits per heavy atom. The van der Waals surface area contributed by atoms with Gasteiger partial charge in [-0.05, 0) is 74.2 Å². The second kappa shape index (κ2) is 6.74. The van der Waals surface area contributed by atoms with Crippen molar-refractivity contribution in [2.24, 2.45) is 5.92 Å². The van der Waals surface area contributed by atoms with E-state index in [0.29, 0.717) is 23.2 Å². The van der Waals surface area contributed by atoms with Crippen LogP contribution in [-0.4, -0.2) is 23.7 Å². The average Bonchev–Trinajstić information content (AvgIpc) is 2.92. The molecule has 3 aliphatic carbocycles. The van der Waals surface area contributed by atoms with E-state index in [2.05, 4.69) is 22.8 Å². The number of rotatable bonds is 2. The maximum atomic E-state index is 10.9. The van der Waals surface area contributed by atoms with Crippen LogP contribution in [0.3, 0.4) is 0 Å². The highest BCUT2D eigenvalue weighted by atomic mass is 16.3. The molecule has 1 aromatic carbocycles. The molecule has 0 unspecified atom stereocenters. The molecule has 1 saturated heterocycles. The first-order valence-corrected chi connectivity index (χ1v) is 11.1. The minimum absolute atomic E-state index is 0.333. The lowest BCUT2D eigenvalue weighted by molar-refractivity contribution is 0.0796. The molecular weight excluding hydrogens is 320 g/mol. The first kappa shape index (κ1) is 16.9. The summed E-state index contributed by atoms with van der Waals surface area (Å²) in [5.41, 5.74) is 4.30. The molecule has 5 rings (SSSR count). The summed E-state index contributed by atoms with van der Waals surface area (Å²) in [5.74, 6) is 1.27. The highest BCUT2D eigenvalue weighted by Crippen LogP contribution is 2.55. The molecule has 142 valence electrons. The van der Waals surface area contributed by atoms with Crippen molar-refractivity contribution in [3.05, 3.63) is 23.3 Å². The van der Waals surface area contributed by atoms with Gasteiger partial charge in [-0.15, -0.1) is 0 Å². The van der Waals surface area contributed by atoms with Gasteiger partial charge in [0.05, 0.1) is 5.69 Å². The first-order valence-electron chi connectivity index (χ1n) is 11.1. The molecule has 2 bridgehead atoms. The van der Waals surface area contributed by atoms with E-state index >= 15 is 0 Å². The van der Waals surface area contributed by atoms with Crippen molar-refractivity contribution < 1.29 is 5.11 Å². The molecule has 2 saturated carbocycles. The van der Waals surface area contributed by atoms with Crippen molar-refractivity contribution in [3.8, 4) is 5.75 Å². The number of aromatic hydroxyl groups is 1. The van der Waals surface area contributed by atoms with Crippen LogP contribution < -0.4 is 10.6 Å². The maximum absolute atomic E-state index is 10.9. The number of nitrogens with one attached hydrogen (secondary N) is 2. The monoisotopic (exact) mass is 354 g/mol. The molecule has 1 heterocycles. The molecule has 3 atom stereocenters. The van der Waals surface area contributed by atoms with Crippen LogP contribution in [-0.2, 0) is 11.8 Å². The third kappa shape index (κ3) is 2.74. The number of phenolic OH excluding ortho intramolecular Hbond substituents is 1. The Bertz CT molecular complexity index is 660. The Morgan fingerprint density at radius 1 is 0.962 bits per heavy atom. The predicted molar refractivity (Wildman–Crippen MR) is 107 cm³/mol. The van der Waals surface area contributed by atoms with E-state index in [1.807, 2.05) is 0 Å². The second-order valence-corrected chi connectivity index (χ2v) is 9.38. The standard InChI is InChI=1S/C23H34N2O/c26-22-15-19-16(14-21(22)25-17-7-3-1-2-4-8-17)13-20-18-9-5-6-10-23(18,19)11-12-24-20/h14-15,17-18,20,24-26H,1-13H2/t18-,20+,23+/m0/s1. The lowest BCUT2D eigenvalue weighted by Crippen LogP contribution is -2.59. The summed E-state index contributed by atoms with van der Waals surface area (Å²) in [6.07, 6.45) is 15.7. The molecular formula is C23H34N2O. The largest absolute Gasteiger partial charge is 0.506 e. The third-order valence-corrected chi connectivity index (χ3v) is 7.97. The molecule has 1 aliphatic heterocycles. The Balaban J connectivity index is 1.48. The molecule has 3 heteroatoms. The molecule has 0 amide bonds. The van der Waals surface area contributed by atoms with E-state index < -0.39 is 0 Å². The van der Waals surface area contributed by atoms with Gasteiger partial charge in [-0.1, -0.05) is 38.5 Å². The van der Waals surface area contributed by atoms with Gasteiger partial charge in [0.15, 0.2) is 0 Å². The summed E-state index contributed by atoms with van der Waals surface area (Å²) in [7, 11) is 0. The van der Waals surface area contributed by atoms with E-state index in [1.165, 1.54) is 81.8 Å². The number of hydrogen-bond donors (Lipinski definition) is 3. The smallest absolute Gasteiger partial charge is 0.138 e. The first-order chi connectivity index (χ1) is 12.8. The number of anilines is 1. The Kier molecular flexibility index (Phi) is 4.39. The lowest BCUT2D eigenvalue weighted by Gasteiger charge is -2.56. The Labute approximate surface area is 158 Å². The molecule has 0 aromatic heterocycles. The van der Waals surface area contributed by atoms with Crippen molar-refractivity contribution in [1.82, 2.24) is 5.32 Å². The number of fused-ring (bicyclic) bond motifs is 1. The van der Waals surface area contributed by atoms with Crippen molar-refractivity contribution in [2.45, 2.75) is 94.5 Å². The predicted octanol–water partition coefficient (Wildman–Crippen LogP) is 4.87. The van der Waals surface area contributed by atoms with Crippen LogP contribution in [0.15, 0.2) is 12.1 Å². The fourth-order valence-electron chi connectivity index (χ4n) is 6.73. The van der Waals surface area contributed by atoms with Crippen LogP contribution in [0.5, 0.6) is 5.75 Å². The maximum Gasteiger partial charge on any atom is 0.138 e. The highest BCUT2D eigenvalue weighted by Gasteiger charge is 2.51. The normalized spacial score (nSPS) is 34.5. The van der Waals surface area contributed by atoms with Gasteiger partial charge in [-0.25, -0.2) is 0 Å². The van der Waals surface area contributed by atoms with Crippen LogP contribution in [0.25, 0.3) is 0 Å². The number of hydrogen-bond acceptors (Lipinski definition) is 3. The summed E-state index contributed by atoms with van der Waals surface area (Å²) >= 11 is 0. The summed E-state index contributed by atoms with van der Waals surface area (Å²) in [4.78, 5) is 0. The fourth-order valence-corrected chi connectivity index (χ4v) is 6.73. The lowest BCUT2D eigenvalue weighted by atomic mass is 9.53. The van der Waals surface area contributed by atoms with Crippen LogP contribution in [0.4, 0.5) is 5.69 Å². The minimum Gasteiger partial charge on any atom is -0.506 e. The molecule has 3 nitrogen and oxygen atoms in total. The highest BCUT2D eigenvalue weighted by molar-refractivity contribution is 5.62. The second-order valence-electron chi connectivity index (χ2n) is 9.38. The molecule has 0 spiro atoms. The fraction of sp³-hybridized carbons (Fsp3) is 0.739. The zero-order valence-electron chi connectivity index (χ0n) is 16.0. The molecule has 1 aromatic rings. The molecule has 26 heavy (non-hydrogen) atoms. The molecule has 3 fully saturated rings. The van der Waals surface area contributed by atoms with Crippen LogP contribution >= 0.6 is 0 Å². The summed E-state index contributed by atoms with van der Waals surface area (Å²) in [6, 6.07) is 5.64. The Hall–Kier alpha value is -1.22. The van der Waals surface area contributed by atoms with Gasteiger partial charge in [-0.3, -0.25) is 0 Å². The van der Waals surface area contributed by atoms with Crippen LogP contribution in [0, 0.1) is 5.92 Å². The number of phenols is 1. The van der Waals surface area contributed by atoms with E-state index in [1.54, 1.807) is 0 Å². The third-order valence-electron chi connectivity index (χ3n) is 7.97. The summed E-state index contributed by atoms with van der Waals surface area (Å²) < 4.78 is 0. The van der Waals surface area contributed by atoms with Crippen molar-refractivity contribution >= 4 is 5.69 Å². The van der Waals surface area contributed by atoms with Crippen molar-refractivity contribution in [2.75, 3.05) is 11.9 Å². The van der Waals surface area contributed by atoms with E-state index in [4.69, 9.17) is 0 Å². The van der Waals surface area contributed by atoms with Crippen molar-refractivity contribution in [3.63, 3.8) is 0 Å². The zero-order valence-corrected chi connectivity index (χ0v) is 16.0. The van der Waals surface area contributed by atoms with Gasteiger partial charge in [0.2, 0.25) is 0 Å². The van der Waals surface area contributed by atoms with Gasteiger partial charge in [-0.2, -0.15) is 0 Å². The number of benzene rings is 1. The topological polar surface area (TPSA) is 44.3 Å². The quantitative estimate of drug-likeness (QED) is 0.524. The van der Waals surface area contributed by atoms with E-state index in [-0.39, 0.29) is 0 Å². The minimum atomic E-state index is 0.333.